The monoisotopic (exact) mass is 461 g/mol. The fourth-order valence-corrected chi connectivity index (χ4v) is 4.71. The van der Waals surface area contributed by atoms with E-state index in [1.807, 2.05) is 30.7 Å². The Morgan fingerprint density at radius 1 is 1.12 bits per heavy atom. The van der Waals surface area contributed by atoms with Crippen molar-refractivity contribution in [3.05, 3.63) is 47.3 Å². The van der Waals surface area contributed by atoms with E-state index >= 15 is 0 Å². The van der Waals surface area contributed by atoms with Gasteiger partial charge in [0.2, 0.25) is 11.9 Å². The predicted octanol–water partition coefficient (Wildman–Crippen LogP) is 2.61. The Balaban J connectivity index is 1.44. The Kier molecular flexibility index (Phi) is 5.63. The highest BCUT2D eigenvalue weighted by Crippen LogP contribution is 2.31. The van der Waals surface area contributed by atoms with Gasteiger partial charge in [-0.15, -0.1) is 0 Å². The average molecular weight is 462 g/mol. The highest BCUT2D eigenvalue weighted by atomic mass is 16.2. The SMILES string of the molecule is CC(=O)N1CCN(c2nc(NCc3ccc4ccn(C)c4c3)c3c(n2)C(=O)N(C(C)C)C3)CC1. The van der Waals surface area contributed by atoms with Gasteiger partial charge in [0.15, 0.2) is 0 Å². The van der Waals surface area contributed by atoms with E-state index in [0.717, 1.165) is 11.1 Å². The van der Waals surface area contributed by atoms with E-state index < -0.39 is 0 Å². The second-order valence-electron chi connectivity index (χ2n) is 9.39. The third-order valence-electron chi connectivity index (χ3n) is 6.83. The molecule has 2 amide bonds. The van der Waals surface area contributed by atoms with Gasteiger partial charge < -0.3 is 24.6 Å². The molecule has 0 aliphatic carbocycles. The van der Waals surface area contributed by atoms with Crippen molar-refractivity contribution in [3.63, 3.8) is 0 Å². The van der Waals surface area contributed by atoms with E-state index in [4.69, 9.17) is 9.97 Å². The number of hydrogen-bond donors (Lipinski definition) is 1. The summed E-state index contributed by atoms with van der Waals surface area (Å²) in [5, 5.41) is 4.70. The Bertz CT molecular complexity index is 1260. The lowest BCUT2D eigenvalue weighted by atomic mass is 10.1. The molecule has 0 radical (unpaired) electrons. The van der Waals surface area contributed by atoms with E-state index in [-0.39, 0.29) is 17.9 Å². The maximum atomic E-state index is 13.1. The number of piperazine rings is 1. The molecule has 0 unspecified atom stereocenters. The van der Waals surface area contributed by atoms with Crippen molar-refractivity contribution in [1.29, 1.82) is 0 Å². The average Bonchev–Trinajstić information content (AvgIpc) is 3.37. The van der Waals surface area contributed by atoms with Crippen molar-refractivity contribution >= 4 is 34.5 Å². The topological polar surface area (TPSA) is 86.6 Å². The highest BCUT2D eigenvalue weighted by Gasteiger charge is 2.35. The largest absolute Gasteiger partial charge is 0.366 e. The molecule has 2 aliphatic rings. The first kappa shape index (κ1) is 22.2. The molecule has 1 aromatic carbocycles. The maximum absolute atomic E-state index is 13.1. The number of benzene rings is 1. The van der Waals surface area contributed by atoms with Gasteiger partial charge in [0, 0.05) is 70.0 Å². The van der Waals surface area contributed by atoms with Gasteiger partial charge >= 0.3 is 0 Å². The molecular formula is C25H31N7O2. The Labute approximate surface area is 199 Å². The van der Waals surface area contributed by atoms with Crippen LogP contribution < -0.4 is 10.2 Å². The Morgan fingerprint density at radius 2 is 1.88 bits per heavy atom. The van der Waals surface area contributed by atoms with Crippen molar-refractivity contribution in [2.75, 3.05) is 36.4 Å². The first-order valence-corrected chi connectivity index (χ1v) is 11.8. The zero-order chi connectivity index (χ0) is 24.0. The van der Waals surface area contributed by atoms with Crippen molar-refractivity contribution in [3.8, 4) is 0 Å². The summed E-state index contributed by atoms with van der Waals surface area (Å²) in [7, 11) is 2.04. The number of aryl methyl sites for hydroxylation is 1. The molecular weight excluding hydrogens is 430 g/mol. The molecule has 0 bridgehead atoms. The van der Waals surface area contributed by atoms with Gasteiger partial charge in [-0.1, -0.05) is 12.1 Å². The quantitative estimate of drug-likeness (QED) is 0.629. The van der Waals surface area contributed by atoms with Gasteiger partial charge in [-0.2, -0.15) is 4.98 Å². The van der Waals surface area contributed by atoms with Crippen LogP contribution in [0.1, 0.15) is 42.4 Å². The number of hydrogen-bond acceptors (Lipinski definition) is 6. The first-order chi connectivity index (χ1) is 16.3. The number of aromatic nitrogens is 3. The molecule has 1 fully saturated rings. The minimum Gasteiger partial charge on any atom is -0.366 e. The second kappa shape index (κ2) is 8.62. The highest BCUT2D eigenvalue weighted by molar-refractivity contribution is 5.98. The summed E-state index contributed by atoms with van der Waals surface area (Å²) >= 11 is 0. The van der Waals surface area contributed by atoms with Crippen LogP contribution in [-0.4, -0.2) is 68.4 Å². The summed E-state index contributed by atoms with van der Waals surface area (Å²) in [5.41, 5.74) is 3.65. The minimum atomic E-state index is -0.0516. The first-order valence-electron chi connectivity index (χ1n) is 11.8. The molecule has 4 heterocycles. The molecule has 34 heavy (non-hydrogen) atoms. The smallest absolute Gasteiger partial charge is 0.273 e. The zero-order valence-electron chi connectivity index (χ0n) is 20.2. The van der Waals surface area contributed by atoms with E-state index in [2.05, 4.69) is 45.2 Å². The summed E-state index contributed by atoms with van der Waals surface area (Å²) in [5.74, 6) is 1.28. The summed E-state index contributed by atoms with van der Waals surface area (Å²) in [4.78, 5) is 40.1. The van der Waals surface area contributed by atoms with Gasteiger partial charge in [0.05, 0.1) is 6.54 Å². The number of nitrogens with zero attached hydrogens (tertiary/aromatic N) is 6. The van der Waals surface area contributed by atoms with Crippen LogP contribution in [0.15, 0.2) is 30.5 Å². The Hall–Kier alpha value is -3.62. The van der Waals surface area contributed by atoms with Gasteiger partial charge in [0.1, 0.15) is 11.5 Å². The number of rotatable bonds is 5. The van der Waals surface area contributed by atoms with Crippen LogP contribution >= 0.6 is 0 Å². The number of fused-ring (bicyclic) bond motifs is 2. The van der Waals surface area contributed by atoms with Crippen molar-refractivity contribution in [2.24, 2.45) is 7.05 Å². The van der Waals surface area contributed by atoms with Crippen LogP contribution in [0.2, 0.25) is 0 Å². The molecule has 0 atom stereocenters. The summed E-state index contributed by atoms with van der Waals surface area (Å²) in [6.07, 6.45) is 2.06. The molecule has 2 aromatic heterocycles. The van der Waals surface area contributed by atoms with E-state index in [0.29, 0.717) is 56.7 Å². The number of nitrogens with one attached hydrogen (secondary N) is 1. The zero-order valence-corrected chi connectivity index (χ0v) is 20.2. The molecule has 2 aliphatic heterocycles. The molecule has 5 rings (SSSR count). The molecule has 3 aromatic rings. The summed E-state index contributed by atoms with van der Waals surface area (Å²) in [6, 6.07) is 8.60. The minimum absolute atomic E-state index is 0.0516. The summed E-state index contributed by atoms with van der Waals surface area (Å²) in [6.45, 7) is 9.26. The number of carbonyl (C=O) groups excluding carboxylic acids is 2. The third kappa shape index (κ3) is 3.95. The number of amides is 2. The molecule has 0 spiro atoms. The summed E-state index contributed by atoms with van der Waals surface area (Å²) < 4.78 is 2.11. The Morgan fingerprint density at radius 3 is 2.59 bits per heavy atom. The third-order valence-corrected chi connectivity index (χ3v) is 6.83. The van der Waals surface area contributed by atoms with Crippen molar-refractivity contribution in [1.82, 2.24) is 24.3 Å². The van der Waals surface area contributed by atoms with Crippen LogP contribution in [0.25, 0.3) is 10.9 Å². The standard InChI is InChI=1S/C25H31N7O2/c1-16(2)32-15-20-22(24(32)34)27-25(31-11-9-30(10-12-31)17(3)33)28-23(20)26-14-18-5-6-19-7-8-29(4)21(19)13-18/h5-8,13,16H,9-12,14-15H2,1-4H3,(H,26,27,28). The van der Waals surface area contributed by atoms with Crippen molar-refractivity contribution in [2.45, 2.75) is 39.9 Å². The number of anilines is 2. The number of carbonyl (C=O) groups is 2. The maximum Gasteiger partial charge on any atom is 0.273 e. The molecule has 9 heteroatoms. The van der Waals surface area contributed by atoms with E-state index in [1.54, 1.807) is 6.92 Å². The van der Waals surface area contributed by atoms with Crippen LogP contribution in [0.5, 0.6) is 0 Å². The van der Waals surface area contributed by atoms with Crippen LogP contribution in [0.3, 0.4) is 0 Å². The van der Waals surface area contributed by atoms with Crippen LogP contribution in [-0.2, 0) is 24.9 Å². The van der Waals surface area contributed by atoms with Gasteiger partial charge in [-0.05, 0) is 36.9 Å². The molecule has 0 saturated carbocycles. The van der Waals surface area contributed by atoms with Crippen LogP contribution in [0, 0.1) is 0 Å². The van der Waals surface area contributed by atoms with E-state index in [1.165, 1.54) is 10.9 Å². The lowest BCUT2D eigenvalue weighted by molar-refractivity contribution is -0.129. The van der Waals surface area contributed by atoms with Crippen LogP contribution in [0.4, 0.5) is 11.8 Å². The van der Waals surface area contributed by atoms with Gasteiger partial charge in [0.25, 0.3) is 5.91 Å². The van der Waals surface area contributed by atoms with Gasteiger partial charge in [-0.25, -0.2) is 4.98 Å². The molecule has 9 nitrogen and oxygen atoms in total. The molecule has 1 N–H and O–H groups in total. The molecule has 1 saturated heterocycles. The van der Waals surface area contributed by atoms with E-state index in [9.17, 15) is 9.59 Å². The predicted molar refractivity (Wildman–Crippen MR) is 132 cm³/mol. The van der Waals surface area contributed by atoms with Gasteiger partial charge in [-0.3, -0.25) is 9.59 Å². The lowest BCUT2D eigenvalue weighted by Crippen LogP contribution is -2.48. The fraction of sp³-hybridized carbons (Fsp3) is 0.440. The second-order valence-corrected chi connectivity index (χ2v) is 9.39. The molecule has 178 valence electrons. The van der Waals surface area contributed by atoms with Crippen molar-refractivity contribution < 1.29 is 9.59 Å². The fourth-order valence-electron chi connectivity index (χ4n) is 4.71. The normalized spacial score (nSPS) is 16.0. The lowest BCUT2D eigenvalue weighted by Gasteiger charge is -2.34.